The van der Waals surface area contributed by atoms with Crippen molar-refractivity contribution in [2.24, 2.45) is 0 Å². The van der Waals surface area contributed by atoms with Gasteiger partial charge in [-0.2, -0.15) is 0 Å². The highest BCUT2D eigenvalue weighted by atomic mass is 127. The van der Waals surface area contributed by atoms with Crippen molar-refractivity contribution in [1.29, 1.82) is 0 Å². The van der Waals surface area contributed by atoms with E-state index in [1.807, 2.05) is 0 Å². The zero-order valence-corrected chi connectivity index (χ0v) is 20.2. The maximum Gasteiger partial charge on any atom is 0.337 e. The molecule has 1 amide bonds. The van der Waals surface area contributed by atoms with E-state index >= 15 is 0 Å². The van der Waals surface area contributed by atoms with Crippen LogP contribution in [-0.2, 0) is 14.3 Å². The van der Waals surface area contributed by atoms with Crippen molar-refractivity contribution < 1.29 is 34.1 Å². The van der Waals surface area contributed by atoms with E-state index in [0.717, 1.165) is 6.92 Å². The molecular formula is C12H10Cl2I3NO7. The van der Waals surface area contributed by atoms with Crippen LogP contribution >= 0.6 is 92.6 Å². The molecule has 0 heterocycles. The highest BCUT2D eigenvalue weighted by Crippen LogP contribution is 2.35. The van der Waals surface area contributed by atoms with Crippen molar-refractivity contribution in [3.05, 3.63) is 21.8 Å². The number of carbonyl (C=O) groups is 4. The molecule has 3 N–H and O–H groups in total. The molecule has 13 heteroatoms. The zero-order valence-electron chi connectivity index (χ0n) is 12.1. The standard InChI is InChI=1S/C12H8I3NO7.2ClH/c1-3(17)23-2-4(18)16-10-8(14)5(11(19)20)7(13)6(9(10)15)12(21)22;;/h2H2,1H3,(H,16,18)(H,19,20)(H,21,22);2*1H. The molecule has 1 aromatic carbocycles. The van der Waals surface area contributed by atoms with Crippen molar-refractivity contribution in [2.75, 3.05) is 11.9 Å². The Hall–Kier alpha value is -0.130. The molecule has 0 saturated carbocycles. The van der Waals surface area contributed by atoms with Crippen molar-refractivity contribution in [1.82, 2.24) is 0 Å². The van der Waals surface area contributed by atoms with Gasteiger partial charge in [-0.1, -0.05) is 0 Å². The maximum absolute atomic E-state index is 11.8. The van der Waals surface area contributed by atoms with Gasteiger partial charge in [0.2, 0.25) is 0 Å². The Balaban J connectivity index is 0. The predicted octanol–water partition coefficient (Wildman–Crippen LogP) is 3.24. The monoisotopic (exact) mass is 731 g/mol. The third kappa shape index (κ3) is 6.84. The van der Waals surface area contributed by atoms with Gasteiger partial charge in [-0.05, 0) is 67.8 Å². The number of aromatic carboxylic acids is 2. The van der Waals surface area contributed by atoms with Crippen LogP contribution in [0.5, 0.6) is 0 Å². The highest BCUT2D eigenvalue weighted by Gasteiger charge is 2.28. The van der Waals surface area contributed by atoms with Crippen molar-refractivity contribution in [3.8, 4) is 0 Å². The van der Waals surface area contributed by atoms with Crippen LogP contribution in [0, 0.1) is 10.7 Å². The summed E-state index contributed by atoms with van der Waals surface area (Å²) in [6, 6.07) is 0. The normalized spacial score (nSPS) is 9.28. The number of esters is 1. The number of halogens is 5. The first-order valence-corrected chi connectivity index (χ1v) is 8.91. The molecule has 0 fully saturated rings. The van der Waals surface area contributed by atoms with Gasteiger partial charge in [0.25, 0.3) is 5.91 Å². The molecule has 8 nitrogen and oxygen atoms in total. The van der Waals surface area contributed by atoms with Gasteiger partial charge in [0.15, 0.2) is 6.61 Å². The minimum atomic E-state index is -1.31. The highest BCUT2D eigenvalue weighted by molar-refractivity contribution is 14.1. The molecule has 0 aliphatic carbocycles. The molecule has 0 radical (unpaired) electrons. The molecule has 25 heavy (non-hydrogen) atoms. The maximum atomic E-state index is 11.8. The van der Waals surface area contributed by atoms with Gasteiger partial charge < -0.3 is 20.3 Å². The van der Waals surface area contributed by atoms with Crippen LogP contribution in [0.1, 0.15) is 27.6 Å². The Morgan fingerprint density at radius 3 is 1.64 bits per heavy atom. The SMILES string of the molecule is CC(=O)OCC(=O)Nc1c(I)c(C(=O)O)c(I)c(C(=O)O)c1I.Cl.Cl. The number of rotatable bonds is 5. The molecule has 0 aliphatic rings. The number of benzene rings is 1. The fraction of sp³-hybridized carbons (Fsp3) is 0.167. The summed E-state index contributed by atoms with van der Waals surface area (Å²) in [6.45, 7) is 0.578. The van der Waals surface area contributed by atoms with Gasteiger partial charge in [0, 0.05) is 10.5 Å². The third-order valence-electron chi connectivity index (χ3n) is 2.42. The molecule has 0 aromatic heterocycles. The summed E-state index contributed by atoms with van der Waals surface area (Å²) in [6.07, 6.45) is 0. The minimum Gasteiger partial charge on any atom is -0.478 e. The lowest BCUT2D eigenvalue weighted by Gasteiger charge is -2.16. The first-order chi connectivity index (χ1) is 10.6. The molecule has 0 saturated heterocycles. The Labute approximate surface area is 195 Å². The predicted molar refractivity (Wildman–Crippen MR) is 118 cm³/mol. The summed E-state index contributed by atoms with van der Waals surface area (Å²) in [7, 11) is 0. The molecule has 0 atom stereocenters. The number of anilines is 1. The topological polar surface area (TPSA) is 130 Å². The van der Waals surface area contributed by atoms with E-state index in [1.54, 1.807) is 67.8 Å². The average Bonchev–Trinajstić information content (AvgIpc) is 2.40. The minimum absolute atomic E-state index is 0. The lowest BCUT2D eigenvalue weighted by Crippen LogP contribution is -2.23. The summed E-state index contributed by atoms with van der Waals surface area (Å²) in [5.41, 5.74) is -0.378. The molecule has 1 rings (SSSR count). The quantitative estimate of drug-likeness (QED) is 0.314. The number of carbonyl (C=O) groups excluding carboxylic acids is 2. The summed E-state index contributed by atoms with van der Waals surface area (Å²) in [5, 5.41) is 21.0. The fourth-order valence-corrected chi connectivity index (χ4v) is 5.85. The van der Waals surface area contributed by atoms with Gasteiger partial charge in [0.1, 0.15) is 0 Å². The molecule has 0 unspecified atom stereocenters. The second kappa shape index (κ2) is 11.6. The van der Waals surface area contributed by atoms with E-state index in [1.165, 1.54) is 0 Å². The molecular weight excluding hydrogens is 722 g/mol. The van der Waals surface area contributed by atoms with E-state index in [0.29, 0.717) is 0 Å². The number of nitrogens with one attached hydrogen (secondary N) is 1. The van der Waals surface area contributed by atoms with E-state index in [9.17, 15) is 29.4 Å². The summed E-state index contributed by atoms with van der Waals surface area (Å²) in [5.74, 6) is -3.98. The van der Waals surface area contributed by atoms with E-state index in [4.69, 9.17) is 0 Å². The van der Waals surface area contributed by atoms with E-state index in [2.05, 4.69) is 10.1 Å². The van der Waals surface area contributed by atoms with Crippen molar-refractivity contribution in [3.63, 3.8) is 0 Å². The zero-order chi connectivity index (χ0) is 17.9. The number of amides is 1. The van der Waals surface area contributed by atoms with Gasteiger partial charge >= 0.3 is 17.9 Å². The van der Waals surface area contributed by atoms with Gasteiger partial charge in [-0.25, -0.2) is 9.59 Å². The lowest BCUT2D eigenvalue weighted by atomic mass is 10.1. The Morgan fingerprint density at radius 1 is 0.920 bits per heavy atom. The Bertz CT molecular complexity index is 686. The number of ether oxygens (including phenoxy) is 1. The first kappa shape index (κ1) is 27.1. The van der Waals surface area contributed by atoms with Crippen LogP contribution in [0.2, 0.25) is 0 Å². The van der Waals surface area contributed by atoms with E-state index < -0.39 is 30.4 Å². The van der Waals surface area contributed by atoms with Gasteiger partial charge in [-0.15, -0.1) is 24.8 Å². The van der Waals surface area contributed by atoms with Crippen LogP contribution in [0.4, 0.5) is 5.69 Å². The van der Waals surface area contributed by atoms with Gasteiger partial charge in [0.05, 0.1) is 24.0 Å². The number of hydrogen-bond donors (Lipinski definition) is 3. The Morgan fingerprint density at radius 2 is 1.32 bits per heavy atom. The third-order valence-corrected chi connectivity index (χ3v) is 5.65. The summed E-state index contributed by atoms with van der Waals surface area (Å²) in [4.78, 5) is 45.3. The van der Waals surface area contributed by atoms with Crippen molar-refractivity contribution >= 4 is 122 Å². The van der Waals surface area contributed by atoms with Crippen LogP contribution in [0.15, 0.2) is 0 Å². The molecule has 0 aliphatic heterocycles. The molecule has 0 bridgehead atoms. The van der Waals surface area contributed by atoms with Gasteiger partial charge in [-0.3, -0.25) is 9.59 Å². The number of carboxylic acids is 2. The number of carboxylic acid groups (broad SMARTS) is 2. The first-order valence-electron chi connectivity index (χ1n) is 5.68. The van der Waals surface area contributed by atoms with Crippen LogP contribution < -0.4 is 5.32 Å². The largest absolute Gasteiger partial charge is 0.478 e. The van der Waals surface area contributed by atoms with Crippen LogP contribution in [0.25, 0.3) is 0 Å². The molecule has 140 valence electrons. The van der Waals surface area contributed by atoms with Crippen molar-refractivity contribution in [2.45, 2.75) is 6.92 Å². The molecule has 1 aromatic rings. The lowest BCUT2D eigenvalue weighted by molar-refractivity contribution is -0.144. The van der Waals surface area contributed by atoms with E-state index in [-0.39, 0.29) is 52.3 Å². The average molecular weight is 732 g/mol. The number of hydrogen-bond acceptors (Lipinski definition) is 5. The van der Waals surface area contributed by atoms with Crippen LogP contribution in [-0.4, -0.2) is 40.6 Å². The summed E-state index contributed by atoms with van der Waals surface area (Å²) >= 11 is 5.08. The smallest absolute Gasteiger partial charge is 0.337 e. The summed E-state index contributed by atoms with van der Waals surface area (Å²) < 4.78 is 4.98. The Kier molecular flexibility index (Phi) is 12.5. The van der Waals surface area contributed by atoms with Crippen LogP contribution in [0.3, 0.4) is 0 Å². The molecule has 0 spiro atoms. The fourth-order valence-electron chi connectivity index (χ4n) is 1.49. The second-order valence-corrected chi connectivity index (χ2v) is 7.24. The second-order valence-electron chi connectivity index (χ2n) is 4.01.